The van der Waals surface area contributed by atoms with Gasteiger partial charge in [0.25, 0.3) is 0 Å². The number of cyclic esters (lactones) is 1. The van der Waals surface area contributed by atoms with Crippen molar-refractivity contribution in [3.63, 3.8) is 0 Å². The predicted octanol–water partition coefficient (Wildman–Crippen LogP) is 3.99. The summed E-state index contributed by atoms with van der Waals surface area (Å²) in [4.78, 5) is 23.8. The summed E-state index contributed by atoms with van der Waals surface area (Å²) >= 11 is 0. The maximum atomic E-state index is 12.2. The number of primary amides is 1. The molecule has 9 heteroatoms. The summed E-state index contributed by atoms with van der Waals surface area (Å²) in [6.45, 7) is 18.4. The Morgan fingerprint density at radius 1 is 1.12 bits per heavy atom. The third kappa shape index (κ3) is 8.24. The van der Waals surface area contributed by atoms with Crippen molar-refractivity contribution >= 4 is 12.1 Å². The lowest BCUT2D eigenvalue weighted by Gasteiger charge is -2.41. The fraction of sp³-hybridized carbons (Fsp3) is 0.758. The largest absolute Gasteiger partial charge is 0.461 e. The molecule has 0 aromatic rings. The second-order valence-electron chi connectivity index (χ2n) is 13.4. The van der Waals surface area contributed by atoms with Gasteiger partial charge in [-0.25, -0.2) is 4.79 Å². The van der Waals surface area contributed by atoms with E-state index in [2.05, 4.69) is 6.58 Å². The molecule has 0 spiro atoms. The van der Waals surface area contributed by atoms with Gasteiger partial charge in [-0.3, -0.25) is 4.79 Å². The number of carbonyl (C=O) groups is 2. The quantitative estimate of drug-likeness (QED) is 0.122. The van der Waals surface area contributed by atoms with Crippen molar-refractivity contribution in [3.8, 4) is 0 Å². The van der Waals surface area contributed by atoms with E-state index in [0.29, 0.717) is 6.42 Å². The van der Waals surface area contributed by atoms with Gasteiger partial charge in [0.1, 0.15) is 12.2 Å². The van der Waals surface area contributed by atoms with Gasteiger partial charge in [0.05, 0.1) is 29.8 Å². The molecule has 1 saturated heterocycles. The molecule has 2 aliphatic rings. The van der Waals surface area contributed by atoms with E-state index in [4.69, 9.17) is 15.2 Å². The molecule has 0 radical (unpaired) electrons. The van der Waals surface area contributed by atoms with E-state index >= 15 is 0 Å². The third-order valence-electron chi connectivity index (χ3n) is 10.1. The van der Waals surface area contributed by atoms with Crippen molar-refractivity contribution in [2.75, 3.05) is 0 Å². The summed E-state index contributed by atoms with van der Waals surface area (Å²) in [6, 6.07) is 0. The Hall–Kier alpha value is -2.20. The van der Waals surface area contributed by atoms with Crippen LogP contribution >= 0.6 is 0 Å². The van der Waals surface area contributed by atoms with Crippen molar-refractivity contribution in [3.05, 3.63) is 37.0 Å². The Morgan fingerprint density at radius 2 is 1.74 bits per heavy atom. The van der Waals surface area contributed by atoms with Gasteiger partial charge in [0, 0.05) is 24.2 Å². The average Bonchev–Trinajstić information content (AvgIpc) is 3.14. The molecule has 42 heavy (non-hydrogen) atoms. The lowest BCUT2D eigenvalue weighted by molar-refractivity contribution is -0.176. The number of carbonyl (C=O) groups excluding carboxylic acids is 2. The molecule has 2 fully saturated rings. The number of esters is 1. The first-order chi connectivity index (χ1) is 19.5. The molecule has 240 valence electrons. The highest BCUT2D eigenvalue weighted by Crippen LogP contribution is 2.49. The molecule has 6 N–H and O–H groups in total. The number of rotatable bonds is 13. The van der Waals surface area contributed by atoms with Crippen LogP contribution in [0.15, 0.2) is 37.0 Å². The maximum Gasteiger partial charge on any atom is 0.404 e. The smallest absolute Gasteiger partial charge is 0.404 e. The zero-order valence-electron chi connectivity index (χ0n) is 26.6. The second-order valence-corrected chi connectivity index (χ2v) is 13.4. The average molecular weight is 594 g/mol. The summed E-state index contributed by atoms with van der Waals surface area (Å²) in [5.41, 5.74) is 4.09. The molecule has 1 heterocycles. The van der Waals surface area contributed by atoms with E-state index in [1.54, 1.807) is 32.9 Å². The van der Waals surface area contributed by atoms with Crippen LogP contribution in [0.1, 0.15) is 68.2 Å². The summed E-state index contributed by atoms with van der Waals surface area (Å²) in [5, 5.41) is 44.7. The van der Waals surface area contributed by atoms with Crippen molar-refractivity contribution < 1.29 is 39.5 Å². The number of hydrogen-bond acceptors (Lipinski definition) is 8. The summed E-state index contributed by atoms with van der Waals surface area (Å²) in [6.07, 6.45) is 5.44. The van der Waals surface area contributed by atoms with Gasteiger partial charge in [0.2, 0.25) is 0 Å². The highest BCUT2D eigenvalue weighted by atomic mass is 16.6. The monoisotopic (exact) mass is 593 g/mol. The van der Waals surface area contributed by atoms with Gasteiger partial charge in [0.15, 0.2) is 0 Å². The lowest BCUT2D eigenvalue weighted by Crippen LogP contribution is -2.46. The maximum absolute atomic E-state index is 12.2. The van der Waals surface area contributed by atoms with Crippen LogP contribution in [0.2, 0.25) is 0 Å². The van der Waals surface area contributed by atoms with Crippen molar-refractivity contribution in [1.29, 1.82) is 0 Å². The number of amides is 1. The van der Waals surface area contributed by atoms with Crippen LogP contribution in [0, 0.1) is 53.3 Å². The Bertz CT molecular complexity index is 979. The number of hydrogen-bond donors (Lipinski definition) is 5. The van der Waals surface area contributed by atoms with E-state index in [9.17, 15) is 30.0 Å². The van der Waals surface area contributed by atoms with Gasteiger partial charge >= 0.3 is 12.1 Å². The van der Waals surface area contributed by atoms with Crippen LogP contribution in [0.25, 0.3) is 0 Å². The normalized spacial score (nSPS) is 37.0. The van der Waals surface area contributed by atoms with E-state index in [-0.39, 0.29) is 47.8 Å². The van der Waals surface area contributed by atoms with Gasteiger partial charge in [-0.05, 0) is 49.9 Å². The molecule has 1 saturated carbocycles. The predicted molar refractivity (Wildman–Crippen MR) is 162 cm³/mol. The summed E-state index contributed by atoms with van der Waals surface area (Å²) in [7, 11) is 0. The van der Waals surface area contributed by atoms with Gasteiger partial charge in [-0.15, -0.1) is 0 Å². The number of nitrogens with two attached hydrogens (primary N) is 1. The molecule has 0 aromatic heterocycles. The molecule has 0 bridgehead atoms. The first-order valence-electron chi connectivity index (χ1n) is 15.3. The zero-order valence-corrected chi connectivity index (χ0v) is 26.6. The van der Waals surface area contributed by atoms with Gasteiger partial charge in [-0.2, -0.15) is 0 Å². The molecule has 1 aliphatic carbocycles. The Balaban J connectivity index is 2.21. The van der Waals surface area contributed by atoms with E-state index in [0.717, 1.165) is 0 Å². The summed E-state index contributed by atoms with van der Waals surface area (Å²) < 4.78 is 11.0. The van der Waals surface area contributed by atoms with Crippen molar-refractivity contribution in [1.82, 2.24) is 0 Å². The van der Waals surface area contributed by atoms with Crippen molar-refractivity contribution in [2.45, 2.75) is 104 Å². The van der Waals surface area contributed by atoms with E-state index < -0.39 is 60.0 Å². The molecule has 9 nitrogen and oxygen atoms in total. The Kier molecular flexibility index (Phi) is 12.9. The molecule has 0 aromatic carbocycles. The molecule has 1 aliphatic heterocycles. The molecule has 1 unspecified atom stereocenters. The SMILES string of the molecule is C=C/C=C\[C@H](C)[C@H](OC(N)=O)[C@@H](C)[C@H](O)[C@@H](C)CC(C)(O)[C@H]1[C@H](C)[C@@H](O)[C@@H](C)[C@@H]1/C=C/C[C@@H]1OC(=O)[C@H](C)[C@@H](O)[C@H]1C. The van der Waals surface area contributed by atoms with Crippen LogP contribution in [-0.2, 0) is 14.3 Å². The summed E-state index contributed by atoms with van der Waals surface area (Å²) in [5.74, 6) is -3.09. The lowest BCUT2D eigenvalue weighted by atomic mass is 9.70. The van der Waals surface area contributed by atoms with Gasteiger partial charge in [-0.1, -0.05) is 78.5 Å². The number of allylic oxidation sites excluding steroid dienone is 3. The highest BCUT2D eigenvalue weighted by molar-refractivity contribution is 5.73. The first kappa shape index (κ1) is 36.0. The minimum atomic E-state index is -1.25. The molecular formula is C33H55NO8. The fourth-order valence-electron chi connectivity index (χ4n) is 7.50. The number of ether oxygens (including phenoxy) is 2. The van der Waals surface area contributed by atoms with Crippen molar-refractivity contribution in [2.24, 2.45) is 59.0 Å². The zero-order chi connectivity index (χ0) is 32.1. The van der Waals surface area contributed by atoms with Gasteiger partial charge < -0.3 is 35.6 Å². The highest BCUT2D eigenvalue weighted by Gasteiger charge is 2.52. The molecule has 15 atom stereocenters. The van der Waals surface area contributed by atoms with Crippen LogP contribution in [0.3, 0.4) is 0 Å². The molecular weight excluding hydrogens is 538 g/mol. The first-order valence-corrected chi connectivity index (χ1v) is 15.3. The van der Waals surface area contributed by atoms with Crippen LogP contribution in [0.5, 0.6) is 0 Å². The second kappa shape index (κ2) is 15.0. The minimum Gasteiger partial charge on any atom is -0.461 e. The molecule has 2 rings (SSSR count). The molecule has 1 amide bonds. The Labute approximate surface area is 251 Å². The van der Waals surface area contributed by atoms with Crippen LogP contribution in [0.4, 0.5) is 4.79 Å². The fourth-order valence-corrected chi connectivity index (χ4v) is 7.50. The number of aliphatic hydroxyl groups excluding tert-OH is 3. The minimum absolute atomic E-state index is 0.130. The van der Waals surface area contributed by atoms with Crippen LogP contribution in [-0.4, -0.2) is 68.6 Å². The van der Waals surface area contributed by atoms with E-state index in [1.165, 1.54) is 0 Å². The third-order valence-corrected chi connectivity index (χ3v) is 10.1. The van der Waals surface area contributed by atoms with E-state index in [1.807, 2.05) is 52.8 Å². The number of aliphatic hydroxyl groups is 4. The standard InChI is InChI=1S/C33H55NO8/c1-10-11-13-17(2)30(42-32(34)39)22(7)27(35)18(3)16-33(9,40)26-21(6)28(36)19(4)24(26)14-12-15-25-20(5)29(37)23(8)31(38)41-25/h10-14,17-30,35-37,40H,1,15-16H2,2-9H3,(H2,34,39)/b13-11-,14-12+/t17-,18-,19-,20-,21-,22-,23+,24-,25-,26-,27+,28-,29-,30-,33?/m0/s1. The van der Waals surface area contributed by atoms with Crippen LogP contribution < -0.4 is 5.73 Å². The Morgan fingerprint density at radius 3 is 2.31 bits per heavy atom. The topological polar surface area (TPSA) is 160 Å².